The second-order valence-electron chi connectivity index (χ2n) is 6.59. The van der Waals surface area contributed by atoms with Crippen molar-refractivity contribution in [2.75, 3.05) is 26.4 Å². The van der Waals surface area contributed by atoms with Crippen LogP contribution in [-0.4, -0.2) is 37.2 Å². The minimum absolute atomic E-state index is 0.183. The first-order valence-corrected chi connectivity index (χ1v) is 9.16. The number of benzene rings is 2. The van der Waals surface area contributed by atoms with Crippen molar-refractivity contribution in [2.45, 2.75) is 25.8 Å². The molecule has 2 aliphatic heterocycles. The van der Waals surface area contributed by atoms with Gasteiger partial charge in [0.1, 0.15) is 19.0 Å². The number of hydrogen-bond acceptors (Lipinski definition) is 4. The van der Waals surface area contributed by atoms with Gasteiger partial charge in [0.25, 0.3) is 0 Å². The Kier molecular flexibility index (Phi) is 4.95. The summed E-state index contributed by atoms with van der Waals surface area (Å²) in [5.74, 6) is 2.65. The van der Waals surface area contributed by atoms with Gasteiger partial charge in [-0.25, -0.2) is 0 Å². The molecule has 2 heterocycles. The van der Waals surface area contributed by atoms with E-state index in [0.717, 1.165) is 42.2 Å². The van der Waals surface area contributed by atoms with Gasteiger partial charge in [-0.15, -0.1) is 0 Å². The zero-order valence-corrected chi connectivity index (χ0v) is 14.8. The number of carbonyl (C=O) groups excluding carboxylic acids is 1. The number of amides is 1. The zero-order chi connectivity index (χ0) is 17.8. The van der Waals surface area contributed by atoms with Crippen LogP contribution in [0.15, 0.2) is 42.5 Å². The average Bonchev–Trinajstić information content (AvgIpc) is 2.70. The van der Waals surface area contributed by atoms with Crippen LogP contribution in [0.25, 0.3) is 0 Å². The van der Waals surface area contributed by atoms with Crippen molar-refractivity contribution in [2.24, 2.45) is 0 Å². The molecule has 0 N–H and O–H groups in total. The Bertz CT molecular complexity index is 775. The van der Waals surface area contributed by atoms with Crippen LogP contribution in [0.1, 0.15) is 24.0 Å². The molecule has 0 fully saturated rings. The van der Waals surface area contributed by atoms with Crippen molar-refractivity contribution in [1.29, 1.82) is 0 Å². The molecule has 2 aliphatic rings. The molecule has 1 amide bonds. The molecule has 26 heavy (non-hydrogen) atoms. The Balaban J connectivity index is 1.29. The van der Waals surface area contributed by atoms with Gasteiger partial charge in [0.2, 0.25) is 5.91 Å². The SMILES string of the molecule is O=C(CCCOc1ccccc1)N1CCc2cc3c(cc2C1)OCCO3. The van der Waals surface area contributed by atoms with Crippen LogP contribution >= 0.6 is 0 Å². The Hall–Kier alpha value is -2.69. The van der Waals surface area contributed by atoms with Crippen molar-refractivity contribution in [3.8, 4) is 17.2 Å². The number of ether oxygens (including phenoxy) is 3. The predicted molar refractivity (Wildman–Crippen MR) is 97.7 cm³/mol. The van der Waals surface area contributed by atoms with Crippen LogP contribution < -0.4 is 14.2 Å². The molecular formula is C21H23NO4. The van der Waals surface area contributed by atoms with Crippen LogP contribution in [0.4, 0.5) is 0 Å². The smallest absolute Gasteiger partial charge is 0.223 e. The van der Waals surface area contributed by atoms with Crippen molar-refractivity contribution in [1.82, 2.24) is 4.90 Å². The summed E-state index contributed by atoms with van der Waals surface area (Å²) >= 11 is 0. The molecule has 4 rings (SSSR count). The molecule has 0 aromatic heterocycles. The molecule has 0 bridgehead atoms. The Morgan fingerprint density at radius 2 is 1.77 bits per heavy atom. The van der Waals surface area contributed by atoms with Crippen molar-refractivity contribution >= 4 is 5.91 Å². The number of hydrogen-bond donors (Lipinski definition) is 0. The molecule has 2 aromatic carbocycles. The lowest BCUT2D eigenvalue weighted by atomic mass is 9.98. The first-order chi connectivity index (χ1) is 12.8. The summed E-state index contributed by atoms with van der Waals surface area (Å²) in [7, 11) is 0. The maximum absolute atomic E-state index is 12.5. The fraction of sp³-hybridized carbons (Fsp3) is 0.381. The Morgan fingerprint density at radius 3 is 2.54 bits per heavy atom. The molecule has 136 valence electrons. The Labute approximate surface area is 153 Å². The third-order valence-corrected chi connectivity index (χ3v) is 4.78. The second kappa shape index (κ2) is 7.68. The van der Waals surface area contributed by atoms with Gasteiger partial charge in [0.05, 0.1) is 6.61 Å². The number of fused-ring (bicyclic) bond motifs is 2. The topological polar surface area (TPSA) is 48.0 Å². The summed E-state index contributed by atoms with van der Waals surface area (Å²) in [6.45, 7) is 3.13. The fourth-order valence-corrected chi connectivity index (χ4v) is 3.39. The highest BCUT2D eigenvalue weighted by molar-refractivity contribution is 5.76. The highest BCUT2D eigenvalue weighted by Gasteiger charge is 2.23. The molecule has 2 aromatic rings. The lowest BCUT2D eigenvalue weighted by molar-refractivity contribution is -0.132. The van der Waals surface area contributed by atoms with Crippen molar-refractivity contribution < 1.29 is 19.0 Å². The summed E-state index contributed by atoms with van der Waals surface area (Å²) in [5, 5.41) is 0. The van der Waals surface area contributed by atoms with Gasteiger partial charge < -0.3 is 19.1 Å². The first-order valence-electron chi connectivity index (χ1n) is 9.16. The van der Waals surface area contributed by atoms with Crippen LogP contribution in [-0.2, 0) is 17.8 Å². The van der Waals surface area contributed by atoms with E-state index < -0.39 is 0 Å². The van der Waals surface area contributed by atoms with Gasteiger partial charge in [-0.2, -0.15) is 0 Å². The summed E-state index contributed by atoms with van der Waals surface area (Å²) in [5.41, 5.74) is 2.42. The summed E-state index contributed by atoms with van der Waals surface area (Å²) in [6, 6.07) is 13.8. The van der Waals surface area contributed by atoms with Crippen LogP contribution in [0.5, 0.6) is 17.2 Å². The van der Waals surface area contributed by atoms with E-state index in [-0.39, 0.29) is 5.91 Å². The van der Waals surface area contributed by atoms with Gasteiger partial charge in [-0.05, 0) is 48.2 Å². The molecule has 0 unspecified atom stereocenters. The van der Waals surface area contributed by atoms with Crippen molar-refractivity contribution in [3.63, 3.8) is 0 Å². The third-order valence-electron chi connectivity index (χ3n) is 4.78. The average molecular weight is 353 g/mol. The predicted octanol–water partition coefficient (Wildman–Crippen LogP) is 3.20. The summed E-state index contributed by atoms with van der Waals surface area (Å²) in [6.07, 6.45) is 2.09. The number of carbonyl (C=O) groups is 1. The van der Waals surface area contributed by atoms with E-state index in [1.165, 1.54) is 5.56 Å². The van der Waals surface area contributed by atoms with E-state index in [2.05, 4.69) is 6.07 Å². The van der Waals surface area contributed by atoms with Crippen LogP contribution in [0.3, 0.4) is 0 Å². The number of nitrogens with zero attached hydrogens (tertiary/aromatic N) is 1. The molecule has 0 aliphatic carbocycles. The summed E-state index contributed by atoms with van der Waals surface area (Å²) in [4.78, 5) is 14.5. The largest absolute Gasteiger partial charge is 0.494 e. The molecule has 0 saturated carbocycles. The lowest BCUT2D eigenvalue weighted by Crippen LogP contribution is -2.36. The van der Waals surface area contributed by atoms with E-state index in [0.29, 0.717) is 32.8 Å². The highest BCUT2D eigenvalue weighted by Crippen LogP contribution is 2.35. The summed E-state index contributed by atoms with van der Waals surface area (Å²) < 4.78 is 17.0. The fourth-order valence-electron chi connectivity index (χ4n) is 3.39. The van der Waals surface area contributed by atoms with E-state index in [1.54, 1.807) is 0 Å². The van der Waals surface area contributed by atoms with Gasteiger partial charge >= 0.3 is 0 Å². The zero-order valence-electron chi connectivity index (χ0n) is 14.8. The molecule has 0 radical (unpaired) electrons. The molecule has 5 nitrogen and oxygen atoms in total. The van der Waals surface area contributed by atoms with Gasteiger partial charge in [-0.3, -0.25) is 4.79 Å². The van der Waals surface area contributed by atoms with Crippen LogP contribution in [0, 0.1) is 0 Å². The second-order valence-corrected chi connectivity index (χ2v) is 6.59. The third kappa shape index (κ3) is 3.77. The Morgan fingerprint density at radius 1 is 1.04 bits per heavy atom. The minimum atomic E-state index is 0.183. The molecule has 0 spiro atoms. The monoisotopic (exact) mass is 353 g/mol. The lowest BCUT2D eigenvalue weighted by Gasteiger charge is -2.30. The minimum Gasteiger partial charge on any atom is -0.494 e. The van der Waals surface area contributed by atoms with E-state index in [9.17, 15) is 4.79 Å². The van der Waals surface area contributed by atoms with E-state index >= 15 is 0 Å². The maximum Gasteiger partial charge on any atom is 0.223 e. The molecule has 0 saturated heterocycles. The van der Waals surface area contributed by atoms with Crippen LogP contribution in [0.2, 0.25) is 0 Å². The molecular weight excluding hydrogens is 330 g/mol. The van der Waals surface area contributed by atoms with Gasteiger partial charge in [0, 0.05) is 19.5 Å². The highest BCUT2D eigenvalue weighted by atomic mass is 16.6. The maximum atomic E-state index is 12.5. The number of para-hydroxylation sites is 1. The van der Waals surface area contributed by atoms with E-state index in [1.807, 2.05) is 41.3 Å². The van der Waals surface area contributed by atoms with Crippen molar-refractivity contribution in [3.05, 3.63) is 53.6 Å². The molecule has 5 heteroatoms. The van der Waals surface area contributed by atoms with E-state index in [4.69, 9.17) is 14.2 Å². The first kappa shape index (κ1) is 16.8. The van der Waals surface area contributed by atoms with Gasteiger partial charge in [0.15, 0.2) is 11.5 Å². The molecule has 0 atom stereocenters. The number of rotatable bonds is 5. The van der Waals surface area contributed by atoms with Gasteiger partial charge in [-0.1, -0.05) is 18.2 Å². The normalized spacial score (nSPS) is 15.3. The quantitative estimate of drug-likeness (QED) is 0.775. The standard InChI is InChI=1S/C21H23NO4/c23-21(7-4-10-24-18-5-2-1-3-6-18)22-9-8-16-13-19-20(14-17(16)15-22)26-12-11-25-19/h1-3,5-6,13-14H,4,7-12,15H2.